The number of nitrogens with one attached hydrogen (secondary N) is 4. The van der Waals surface area contributed by atoms with Gasteiger partial charge in [0.05, 0.1) is 32.2 Å². The number of nitrogens with zero attached hydrogens (tertiary/aromatic N) is 8. The molecule has 266 valence electrons. The highest BCUT2D eigenvalue weighted by Gasteiger charge is 2.16. The van der Waals surface area contributed by atoms with Crippen LogP contribution < -0.4 is 31.1 Å². The van der Waals surface area contributed by atoms with E-state index in [4.69, 9.17) is 9.81 Å². The third-order valence-corrected chi connectivity index (χ3v) is 7.11. The monoisotopic (exact) mass is 718 g/mol. The van der Waals surface area contributed by atoms with Crippen molar-refractivity contribution >= 4 is 69.2 Å². The summed E-state index contributed by atoms with van der Waals surface area (Å²) in [7, 11) is -4.25. The average molecular weight is 719 g/mol. The molecule has 0 fully saturated rings. The summed E-state index contributed by atoms with van der Waals surface area (Å²) in [6, 6.07) is 6.85. The molecule has 10 N–H and O–H groups in total. The Morgan fingerprint density at radius 1 is 0.708 bits per heavy atom. The van der Waals surface area contributed by atoms with Gasteiger partial charge in [-0.2, -0.15) is 38.3 Å². The molecular formula is C24H38N12O10S2. The van der Waals surface area contributed by atoms with Crippen molar-refractivity contribution in [1.29, 1.82) is 0 Å². The lowest BCUT2D eigenvalue weighted by molar-refractivity contribution is -0.432. The summed E-state index contributed by atoms with van der Waals surface area (Å²) >= 11 is 0.839. The van der Waals surface area contributed by atoms with Gasteiger partial charge in [0.1, 0.15) is 0 Å². The van der Waals surface area contributed by atoms with Gasteiger partial charge in [-0.05, 0) is 18.2 Å². The fourth-order valence-electron chi connectivity index (χ4n) is 3.87. The Bertz CT molecular complexity index is 1500. The topological polar surface area (TPSA) is 306 Å². The molecule has 0 aliphatic carbocycles. The molecule has 0 radical (unpaired) electrons. The molecule has 22 nitrogen and oxygen atoms in total. The molecule has 0 saturated carbocycles. The second-order valence-corrected chi connectivity index (χ2v) is 11.7. The van der Waals surface area contributed by atoms with E-state index in [1.165, 1.54) is 4.90 Å². The van der Waals surface area contributed by atoms with Crippen molar-refractivity contribution < 1.29 is 48.0 Å². The second kappa shape index (κ2) is 20.4. The van der Waals surface area contributed by atoms with E-state index in [0.29, 0.717) is 23.7 Å². The molecule has 0 aliphatic heterocycles. The summed E-state index contributed by atoms with van der Waals surface area (Å²) in [4.78, 5) is 29.2. The minimum Gasteiger partial charge on any atom is -0.395 e. The Morgan fingerprint density at radius 2 is 1.17 bits per heavy atom. The predicted molar refractivity (Wildman–Crippen MR) is 176 cm³/mol. The van der Waals surface area contributed by atoms with Gasteiger partial charge in [0.15, 0.2) is 0 Å². The Labute approximate surface area is 279 Å². The number of aliphatic hydroxyl groups is 4. The molecule has 0 aliphatic rings. The lowest BCUT2D eigenvalue weighted by Crippen LogP contribution is -2.32. The zero-order valence-corrected chi connectivity index (χ0v) is 27.1. The van der Waals surface area contributed by atoms with E-state index in [1.807, 2.05) is 0 Å². The standard InChI is InChI=1S/C24H38N12O10S2/c37-10-6-35(7-11-38)23-31-19(25-4-14-47-46-45-41)29-21(33-23)27-17-2-1-3-18(16-17)28-22-30-20(26-5-15-48(42,43)44)32-24(34-22)36(8-12-39)9-13-40/h1-3,16,37-41H,4-15H2,(H,42,43,44)(H2,25,27,29,31,33)(H2,26,28,30,32,34). The van der Waals surface area contributed by atoms with Crippen molar-refractivity contribution in [2.45, 2.75) is 0 Å². The molecule has 0 saturated heterocycles. The quantitative estimate of drug-likeness (QED) is 0.0173. The van der Waals surface area contributed by atoms with E-state index in [0.717, 1.165) is 12.0 Å². The zero-order chi connectivity index (χ0) is 34.8. The molecule has 2 aromatic heterocycles. The molecule has 0 amide bonds. The Kier molecular flexibility index (Phi) is 16.3. The number of hydrogen-bond donors (Lipinski definition) is 10. The van der Waals surface area contributed by atoms with Crippen LogP contribution in [0.15, 0.2) is 24.3 Å². The van der Waals surface area contributed by atoms with Gasteiger partial charge in [-0.25, -0.2) is 5.26 Å². The first-order valence-electron chi connectivity index (χ1n) is 14.3. The number of hydrogen-bond acceptors (Lipinski definition) is 22. The van der Waals surface area contributed by atoms with Crippen LogP contribution >= 0.6 is 12.0 Å². The minimum atomic E-state index is -4.25. The van der Waals surface area contributed by atoms with Crippen molar-refractivity contribution in [3.63, 3.8) is 0 Å². The first-order chi connectivity index (χ1) is 23.2. The lowest BCUT2D eigenvalue weighted by atomic mass is 10.3. The average Bonchev–Trinajstić information content (AvgIpc) is 3.04. The smallest absolute Gasteiger partial charge is 0.266 e. The van der Waals surface area contributed by atoms with Crippen molar-refractivity contribution in [3.8, 4) is 0 Å². The van der Waals surface area contributed by atoms with Crippen LogP contribution in [0.1, 0.15) is 0 Å². The Morgan fingerprint density at radius 3 is 1.60 bits per heavy atom. The highest BCUT2D eigenvalue weighted by Crippen LogP contribution is 2.23. The van der Waals surface area contributed by atoms with Gasteiger partial charge in [-0.3, -0.25) is 4.55 Å². The molecule has 48 heavy (non-hydrogen) atoms. The maximum Gasteiger partial charge on any atom is 0.266 e. The molecule has 3 rings (SSSR count). The summed E-state index contributed by atoms with van der Waals surface area (Å²) in [6.07, 6.45) is 0. The van der Waals surface area contributed by atoms with Gasteiger partial charge < -0.3 is 51.5 Å². The molecule has 0 atom stereocenters. The fourth-order valence-corrected chi connectivity index (χ4v) is 4.53. The van der Waals surface area contributed by atoms with Crippen LogP contribution in [0.5, 0.6) is 0 Å². The third-order valence-electron chi connectivity index (χ3n) is 5.86. The van der Waals surface area contributed by atoms with Crippen molar-refractivity contribution in [2.75, 3.05) is 108 Å². The predicted octanol–water partition coefficient (Wildman–Crippen LogP) is -1.09. The number of benzene rings is 1. The SMILES string of the molecule is O=S(=O)(O)CCNc1nc(Nc2cccc(Nc3nc(NCCSOOO)nc(N(CCO)CCO)n3)c2)nc(N(CCO)CCO)n1. The third kappa shape index (κ3) is 13.6. The molecule has 2 heterocycles. The number of rotatable bonds is 24. The van der Waals surface area contributed by atoms with Crippen LogP contribution in [0.4, 0.5) is 47.1 Å². The number of aromatic nitrogens is 6. The van der Waals surface area contributed by atoms with E-state index < -0.39 is 15.9 Å². The number of anilines is 8. The van der Waals surface area contributed by atoms with Crippen LogP contribution in [0.2, 0.25) is 0 Å². The first kappa shape index (κ1) is 38.5. The number of aliphatic hydroxyl groups excluding tert-OH is 4. The van der Waals surface area contributed by atoms with Gasteiger partial charge in [0, 0.05) is 68.4 Å². The van der Waals surface area contributed by atoms with Crippen LogP contribution in [0.3, 0.4) is 0 Å². The fraction of sp³-hybridized carbons (Fsp3) is 0.500. The molecule has 3 aromatic rings. The Balaban J connectivity index is 1.88. The van der Waals surface area contributed by atoms with Crippen LogP contribution in [0.25, 0.3) is 0 Å². The zero-order valence-electron chi connectivity index (χ0n) is 25.5. The van der Waals surface area contributed by atoms with E-state index in [9.17, 15) is 28.8 Å². The minimum absolute atomic E-state index is 0.0248. The highest BCUT2D eigenvalue weighted by molar-refractivity contribution is 7.94. The maximum atomic E-state index is 11.2. The van der Waals surface area contributed by atoms with Crippen LogP contribution in [0, 0.1) is 0 Å². The highest BCUT2D eigenvalue weighted by atomic mass is 32.2. The van der Waals surface area contributed by atoms with Crippen molar-refractivity contribution in [1.82, 2.24) is 29.9 Å². The molecule has 0 unspecified atom stereocenters. The largest absolute Gasteiger partial charge is 0.395 e. The van der Waals surface area contributed by atoms with Crippen molar-refractivity contribution in [2.24, 2.45) is 0 Å². The Hall–Kier alpha value is -3.98. The lowest BCUT2D eigenvalue weighted by Gasteiger charge is -2.22. The summed E-state index contributed by atoms with van der Waals surface area (Å²) in [5.41, 5.74) is 1.01. The summed E-state index contributed by atoms with van der Waals surface area (Å²) < 4.78 is 35.8. The van der Waals surface area contributed by atoms with Gasteiger partial charge >= 0.3 is 0 Å². The summed E-state index contributed by atoms with van der Waals surface area (Å²) in [6.45, 7) is -0.352. The maximum absolute atomic E-state index is 11.2. The van der Waals surface area contributed by atoms with E-state index in [-0.39, 0.29) is 94.8 Å². The molecule has 0 bridgehead atoms. The molecule has 0 spiro atoms. The van der Waals surface area contributed by atoms with Gasteiger partial charge in [0.25, 0.3) is 10.1 Å². The molecular weight excluding hydrogens is 680 g/mol. The van der Waals surface area contributed by atoms with E-state index in [1.54, 1.807) is 29.2 Å². The normalized spacial score (nSPS) is 11.3. The van der Waals surface area contributed by atoms with Gasteiger partial charge in [-0.1, -0.05) is 11.1 Å². The van der Waals surface area contributed by atoms with E-state index in [2.05, 4.69) is 60.5 Å². The molecule has 1 aromatic carbocycles. The van der Waals surface area contributed by atoms with Crippen LogP contribution in [-0.2, 0) is 19.5 Å². The van der Waals surface area contributed by atoms with E-state index >= 15 is 0 Å². The summed E-state index contributed by atoms with van der Waals surface area (Å²) in [5.74, 6) is 0.328. The van der Waals surface area contributed by atoms with Crippen molar-refractivity contribution in [3.05, 3.63) is 24.3 Å². The molecule has 24 heteroatoms. The van der Waals surface area contributed by atoms with Crippen LogP contribution in [-0.4, -0.2) is 146 Å². The van der Waals surface area contributed by atoms with Gasteiger partial charge in [0.2, 0.25) is 35.7 Å². The van der Waals surface area contributed by atoms with Gasteiger partial charge in [-0.15, -0.1) is 4.33 Å². The second-order valence-electron chi connectivity index (χ2n) is 9.37. The first-order valence-corrected chi connectivity index (χ1v) is 16.8. The summed E-state index contributed by atoms with van der Waals surface area (Å²) in [5, 5.41) is 61.7.